The van der Waals surface area contributed by atoms with Crippen molar-refractivity contribution in [3.8, 4) is 11.3 Å². The second-order valence-corrected chi connectivity index (χ2v) is 5.04. The molecule has 2 aromatic heterocycles. The summed E-state index contributed by atoms with van der Waals surface area (Å²) in [5.41, 5.74) is 2.83. The molecule has 0 aliphatic heterocycles. The molecule has 3 rings (SSSR count). The smallest absolute Gasteiger partial charge is 0.269 e. The molecule has 1 aromatic carbocycles. The molecule has 0 radical (unpaired) electrons. The first kappa shape index (κ1) is 14.9. The van der Waals surface area contributed by atoms with Gasteiger partial charge in [-0.15, -0.1) is 0 Å². The monoisotopic (exact) mass is 310 g/mol. The molecule has 5 nitrogen and oxygen atoms in total. The van der Waals surface area contributed by atoms with Crippen molar-refractivity contribution in [1.82, 2.24) is 20.5 Å². The second-order valence-electron chi connectivity index (χ2n) is 5.04. The number of nitrogens with zero attached hydrogens (tertiary/aromatic N) is 2. The molecule has 0 bridgehead atoms. The van der Waals surface area contributed by atoms with Gasteiger partial charge in [0, 0.05) is 24.5 Å². The van der Waals surface area contributed by atoms with Crippen molar-refractivity contribution in [2.24, 2.45) is 0 Å². The van der Waals surface area contributed by atoms with Gasteiger partial charge in [0.2, 0.25) is 0 Å². The lowest BCUT2D eigenvalue weighted by molar-refractivity contribution is 0.0949. The molecule has 0 spiro atoms. The Bertz CT molecular complexity index is 784. The van der Waals surface area contributed by atoms with Gasteiger partial charge >= 0.3 is 0 Å². The van der Waals surface area contributed by atoms with Gasteiger partial charge in [-0.25, -0.2) is 4.39 Å². The van der Waals surface area contributed by atoms with Crippen molar-refractivity contribution in [2.75, 3.05) is 6.54 Å². The summed E-state index contributed by atoms with van der Waals surface area (Å²) in [5.74, 6) is -0.529. The van der Waals surface area contributed by atoms with Crippen LogP contribution in [0.4, 0.5) is 4.39 Å². The van der Waals surface area contributed by atoms with Crippen LogP contribution in [0, 0.1) is 5.82 Å². The first-order valence-electron chi connectivity index (χ1n) is 7.21. The Kier molecular flexibility index (Phi) is 4.42. The molecule has 0 aliphatic carbocycles. The summed E-state index contributed by atoms with van der Waals surface area (Å²) in [6.07, 6.45) is 4.18. The Balaban J connectivity index is 1.59. The highest BCUT2D eigenvalue weighted by molar-refractivity contribution is 5.93. The van der Waals surface area contributed by atoms with Crippen molar-refractivity contribution >= 4 is 5.91 Å². The fourth-order valence-electron chi connectivity index (χ4n) is 2.17. The van der Waals surface area contributed by atoms with Crippen LogP contribution in [0.1, 0.15) is 16.1 Å². The van der Waals surface area contributed by atoms with Gasteiger partial charge in [0.25, 0.3) is 5.91 Å². The Hall–Kier alpha value is -3.02. The summed E-state index contributed by atoms with van der Waals surface area (Å²) in [7, 11) is 0. The standard InChI is InChI=1S/C17H15FN4O/c18-14-3-1-13(2-4-14)15-11-16(22-21-15)17(23)20-10-7-12-5-8-19-9-6-12/h1-6,8-9,11H,7,10H2,(H,20,23)(H,21,22). The van der Waals surface area contributed by atoms with Gasteiger partial charge < -0.3 is 5.32 Å². The predicted molar refractivity (Wildman–Crippen MR) is 84.3 cm³/mol. The normalized spacial score (nSPS) is 10.5. The summed E-state index contributed by atoms with van der Waals surface area (Å²) in [6.45, 7) is 0.522. The van der Waals surface area contributed by atoms with Crippen molar-refractivity contribution in [3.05, 3.63) is 71.9 Å². The van der Waals surface area contributed by atoms with Crippen LogP contribution in [-0.4, -0.2) is 27.6 Å². The van der Waals surface area contributed by atoms with Crippen LogP contribution in [-0.2, 0) is 6.42 Å². The van der Waals surface area contributed by atoms with E-state index < -0.39 is 0 Å². The third-order valence-corrected chi connectivity index (χ3v) is 3.41. The molecule has 0 aliphatic rings. The first-order chi connectivity index (χ1) is 11.2. The van der Waals surface area contributed by atoms with Crippen molar-refractivity contribution in [2.45, 2.75) is 6.42 Å². The van der Waals surface area contributed by atoms with E-state index in [9.17, 15) is 9.18 Å². The van der Waals surface area contributed by atoms with E-state index in [1.165, 1.54) is 12.1 Å². The third kappa shape index (κ3) is 3.79. The quantitative estimate of drug-likeness (QED) is 0.761. The largest absolute Gasteiger partial charge is 0.350 e. The fraction of sp³-hybridized carbons (Fsp3) is 0.118. The number of halogens is 1. The number of aromatic amines is 1. The maximum Gasteiger partial charge on any atom is 0.269 e. The predicted octanol–water partition coefficient (Wildman–Crippen LogP) is 2.58. The van der Waals surface area contributed by atoms with Gasteiger partial charge in [0.1, 0.15) is 11.5 Å². The fourth-order valence-corrected chi connectivity index (χ4v) is 2.17. The van der Waals surface area contributed by atoms with E-state index in [1.54, 1.807) is 30.6 Å². The van der Waals surface area contributed by atoms with Crippen LogP contribution in [0.5, 0.6) is 0 Å². The molecule has 0 atom stereocenters. The minimum Gasteiger partial charge on any atom is -0.350 e. The number of hydrogen-bond donors (Lipinski definition) is 2. The third-order valence-electron chi connectivity index (χ3n) is 3.41. The molecule has 3 aromatic rings. The molecular weight excluding hydrogens is 295 g/mol. The molecule has 23 heavy (non-hydrogen) atoms. The van der Waals surface area contributed by atoms with Crippen molar-refractivity contribution < 1.29 is 9.18 Å². The Morgan fingerprint density at radius 2 is 1.87 bits per heavy atom. The minimum atomic E-state index is -0.307. The zero-order valence-corrected chi connectivity index (χ0v) is 12.3. The molecule has 0 saturated heterocycles. The van der Waals surface area contributed by atoms with Gasteiger partial charge in [-0.2, -0.15) is 5.10 Å². The minimum absolute atomic E-state index is 0.222. The number of benzene rings is 1. The van der Waals surface area contributed by atoms with Gasteiger partial charge in [0.05, 0.1) is 5.69 Å². The lowest BCUT2D eigenvalue weighted by Gasteiger charge is -2.03. The Labute approximate surface area is 132 Å². The maximum absolute atomic E-state index is 12.9. The van der Waals surface area contributed by atoms with Gasteiger partial charge in [-0.3, -0.25) is 14.9 Å². The summed E-state index contributed by atoms with van der Waals surface area (Å²) >= 11 is 0. The van der Waals surface area contributed by atoms with E-state index in [2.05, 4.69) is 20.5 Å². The van der Waals surface area contributed by atoms with E-state index in [0.717, 1.165) is 17.5 Å². The average Bonchev–Trinajstić information content (AvgIpc) is 3.06. The highest BCUT2D eigenvalue weighted by Gasteiger charge is 2.10. The molecular formula is C17H15FN4O. The lowest BCUT2D eigenvalue weighted by Crippen LogP contribution is -2.26. The molecule has 0 saturated carbocycles. The molecule has 2 N–H and O–H groups in total. The van der Waals surface area contributed by atoms with E-state index in [0.29, 0.717) is 17.9 Å². The van der Waals surface area contributed by atoms with Crippen LogP contribution in [0.3, 0.4) is 0 Å². The topological polar surface area (TPSA) is 70.7 Å². The average molecular weight is 310 g/mol. The number of hydrogen-bond acceptors (Lipinski definition) is 3. The van der Waals surface area contributed by atoms with Crippen LogP contribution in [0.25, 0.3) is 11.3 Å². The number of H-pyrrole nitrogens is 1. The summed E-state index contributed by atoms with van der Waals surface area (Å²) < 4.78 is 12.9. The zero-order valence-electron chi connectivity index (χ0n) is 12.3. The molecule has 1 amide bonds. The SMILES string of the molecule is O=C(NCCc1ccncc1)c1cc(-c2ccc(F)cc2)n[nH]1. The number of carbonyl (C=O) groups excluding carboxylic acids is 1. The van der Waals surface area contributed by atoms with Crippen LogP contribution >= 0.6 is 0 Å². The molecule has 0 unspecified atom stereocenters. The number of aromatic nitrogens is 3. The first-order valence-corrected chi connectivity index (χ1v) is 7.21. The van der Waals surface area contributed by atoms with Crippen LogP contribution in [0.15, 0.2) is 54.9 Å². The van der Waals surface area contributed by atoms with Gasteiger partial charge in [-0.1, -0.05) is 0 Å². The van der Waals surface area contributed by atoms with Crippen molar-refractivity contribution in [3.63, 3.8) is 0 Å². The summed E-state index contributed by atoms with van der Waals surface area (Å²) in [6, 6.07) is 11.4. The molecule has 116 valence electrons. The lowest BCUT2D eigenvalue weighted by atomic mass is 10.1. The highest BCUT2D eigenvalue weighted by Crippen LogP contribution is 2.17. The summed E-state index contributed by atoms with van der Waals surface area (Å²) in [5, 5.41) is 9.62. The number of carbonyl (C=O) groups is 1. The zero-order chi connectivity index (χ0) is 16.1. The Morgan fingerprint density at radius 3 is 2.61 bits per heavy atom. The molecule has 0 fully saturated rings. The van der Waals surface area contributed by atoms with E-state index in [-0.39, 0.29) is 11.7 Å². The van der Waals surface area contributed by atoms with Gasteiger partial charge in [0.15, 0.2) is 0 Å². The van der Waals surface area contributed by atoms with E-state index in [4.69, 9.17) is 0 Å². The summed E-state index contributed by atoms with van der Waals surface area (Å²) in [4.78, 5) is 16.0. The molecule has 6 heteroatoms. The van der Waals surface area contributed by atoms with Crippen LogP contribution < -0.4 is 5.32 Å². The number of pyridine rings is 1. The number of nitrogens with one attached hydrogen (secondary N) is 2. The molecule has 2 heterocycles. The number of rotatable bonds is 5. The Morgan fingerprint density at radius 1 is 1.13 bits per heavy atom. The maximum atomic E-state index is 12.9. The van der Waals surface area contributed by atoms with Crippen LogP contribution in [0.2, 0.25) is 0 Å². The van der Waals surface area contributed by atoms with Gasteiger partial charge in [-0.05, 0) is 54.4 Å². The van der Waals surface area contributed by atoms with Crippen molar-refractivity contribution in [1.29, 1.82) is 0 Å². The van der Waals surface area contributed by atoms with E-state index in [1.807, 2.05) is 12.1 Å². The van der Waals surface area contributed by atoms with E-state index >= 15 is 0 Å². The second kappa shape index (κ2) is 6.83. The highest BCUT2D eigenvalue weighted by atomic mass is 19.1. The number of amides is 1.